The molecule has 5 heteroatoms. The molecule has 5 nitrogen and oxygen atoms in total. The summed E-state index contributed by atoms with van der Waals surface area (Å²) in [5, 5.41) is 11.6. The molecular formula is C24H23NO4. The van der Waals surface area contributed by atoms with Crippen molar-refractivity contribution in [2.75, 3.05) is 7.11 Å². The molecule has 0 saturated heterocycles. The molecule has 2 heterocycles. The average Bonchev–Trinajstić information content (AvgIpc) is 2.71. The number of hydrogen-bond donors (Lipinski definition) is 1. The molecule has 148 valence electrons. The van der Waals surface area contributed by atoms with E-state index in [1.54, 1.807) is 6.20 Å². The number of pyridine rings is 1. The van der Waals surface area contributed by atoms with E-state index in [2.05, 4.69) is 4.98 Å². The van der Waals surface area contributed by atoms with E-state index < -0.39 is 6.10 Å². The van der Waals surface area contributed by atoms with Gasteiger partial charge in [-0.1, -0.05) is 35.9 Å². The van der Waals surface area contributed by atoms with Gasteiger partial charge in [0.1, 0.15) is 28.9 Å². The van der Waals surface area contributed by atoms with Crippen LogP contribution in [0, 0.1) is 0 Å². The third-order valence-electron chi connectivity index (χ3n) is 5.18. The molecule has 1 atom stereocenters. The van der Waals surface area contributed by atoms with Crippen LogP contribution in [0.25, 0.3) is 10.9 Å². The number of benzene rings is 2. The van der Waals surface area contributed by atoms with E-state index in [-0.39, 0.29) is 18.0 Å². The van der Waals surface area contributed by atoms with Gasteiger partial charge in [0.2, 0.25) is 0 Å². The summed E-state index contributed by atoms with van der Waals surface area (Å²) >= 11 is 0. The van der Waals surface area contributed by atoms with Crippen LogP contribution in [0.3, 0.4) is 0 Å². The van der Waals surface area contributed by atoms with Gasteiger partial charge >= 0.3 is 0 Å². The van der Waals surface area contributed by atoms with Crippen molar-refractivity contribution in [3.63, 3.8) is 0 Å². The van der Waals surface area contributed by atoms with Crippen LogP contribution in [0.2, 0.25) is 0 Å². The minimum Gasteiger partial charge on any atom is -0.507 e. The molecule has 1 N–H and O–H groups in total. The standard InChI is InChI=1S/C24H23NO4/c1-14(2)9-10-16-18(26)12-21(28-3)22-19(27)13-20(29-24(16)22)17-8-4-6-15-7-5-11-25-23(15)17/h4-9,11-12,20,26H,10,13H2,1-3H3. The number of ether oxygens (including phenoxy) is 2. The van der Waals surface area contributed by atoms with Crippen LogP contribution in [-0.4, -0.2) is 23.0 Å². The maximum Gasteiger partial charge on any atom is 0.174 e. The van der Waals surface area contributed by atoms with Gasteiger partial charge in [0.05, 0.1) is 19.0 Å². The van der Waals surface area contributed by atoms with Crippen molar-refractivity contribution in [1.29, 1.82) is 0 Å². The summed E-state index contributed by atoms with van der Waals surface area (Å²) in [4.78, 5) is 17.6. The van der Waals surface area contributed by atoms with Crippen molar-refractivity contribution in [3.8, 4) is 17.2 Å². The summed E-state index contributed by atoms with van der Waals surface area (Å²) in [5.74, 6) is 0.716. The molecule has 0 fully saturated rings. The Labute approximate surface area is 169 Å². The zero-order valence-electron chi connectivity index (χ0n) is 16.7. The lowest BCUT2D eigenvalue weighted by molar-refractivity contribution is 0.0843. The van der Waals surface area contributed by atoms with Gasteiger partial charge < -0.3 is 14.6 Å². The van der Waals surface area contributed by atoms with Gasteiger partial charge in [-0.2, -0.15) is 0 Å². The van der Waals surface area contributed by atoms with Crippen molar-refractivity contribution in [3.05, 3.63) is 70.9 Å². The molecule has 0 saturated carbocycles. The predicted octanol–water partition coefficient (Wildman–Crippen LogP) is 5.16. The molecule has 1 unspecified atom stereocenters. The Morgan fingerprint density at radius 2 is 2.10 bits per heavy atom. The molecule has 1 aliphatic heterocycles. The number of Topliss-reactive ketones (excluding diaryl/α,β-unsaturated/α-hetero) is 1. The van der Waals surface area contributed by atoms with Crippen LogP contribution in [0.4, 0.5) is 0 Å². The van der Waals surface area contributed by atoms with Gasteiger partial charge in [-0.15, -0.1) is 0 Å². The van der Waals surface area contributed by atoms with E-state index in [1.807, 2.05) is 50.3 Å². The van der Waals surface area contributed by atoms with Crippen molar-refractivity contribution in [2.45, 2.75) is 32.8 Å². The highest BCUT2D eigenvalue weighted by atomic mass is 16.5. The summed E-state index contributed by atoms with van der Waals surface area (Å²) in [7, 11) is 1.48. The topological polar surface area (TPSA) is 68.7 Å². The summed E-state index contributed by atoms with van der Waals surface area (Å²) in [5.41, 5.74) is 3.78. The fraction of sp³-hybridized carbons (Fsp3) is 0.250. The smallest absolute Gasteiger partial charge is 0.174 e. The largest absolute Gasteiger partial charge is 0.507 e. The molecule has 0 aliphatic carbocycles. The Kier molecular flexibility index (Phi) is 4.97. The summed E-state index contributed by atoms with van der Waals surface area (Å²) in [6.45, 7) is 3.98. The van der Waals surface area contributed by atoms with E-state index in [4.69, 9.17) is 9.47 Å². The van der Waals surface area contributed by atoms with Gasteiger partial charge in [0, 0.05) is 28.8 Å². The highest BCUT2D eigenvalue weighted by molar-refractivity contribution is 6.03. The number of hydrogen-bond acceptors (Lipinski definition) is 5. The lowest BCUT2D eigenvalue weighted by atomic mass is 9.91. The lowest BCUT2D eigenvalue weighted by Crippen LogP contribution is -2.22. The maximum atomic E-state index is 13.1. The number of rotatable bonds is 4. The van der Waals surface area contributed by atoms with Crippen LogP contribution in [0.1, 0.15) is 47.9 Å². The Morgan fingerprint density at radius 1 is 1.31 bits per heavy atom. The first kappa shape index (κ1) is 19.0. The number of phenolic OH excluding ortho intramolecular Hbond substituents is 1. The van der Waals surface area contributed by atoms with E-state index in [1.165, 1.54) is 13.2 Å². The molecule has 1 aromatic heterocycles. The maximum absolute atomic E-state index is 13.1. The molecule has 4 rings (SSSR count). The first-order chi connectivity index (χ1) is 14.0. The van der Waals surface area contributed by atoms with Gasteiger partial charge in [0.15, 0.2) is 5.78 Å². The second-order valence-electron chi connectivity index (χ2n) is 7.42. The third-order valence-corrected chi connectivity index (χ3v) is 5.18. The van der Waals surface area contributed by atoms with Crippen LogP contribution < -0.4 is 9.47 Å². The van der Waals surface area contributed by atoms with E-state index in [0.29, 0.717) is 29.0 Å². The van der Waals surface area contributed by atoms with Crippen LogP contribution in [0.15, 0.2) is 54.2 Å². The van der Waals surface area contributed by atoms with Crippen molar-refractivity contribution >= 4 is 16.7 Å². The molecule has 0 bridgehead atoms. The number of aromatic nitrogens is 1. The van der Waals surface area contributed by atoms with Crippen LogP contribution in [0.5, 0.6) is 17.2 Å². The monoisotopic (exact) mass is 389 g/mol. The van der Waals surface area contributed by atoms with Gasteiger partial charge in [-0.05, 0) is 26.3 Å². The molecule has 1 aliphatic rings. The number of aromatic hydroxyl groups is 1. The van der Waals surface area contributed by atoms with Crippen LogP contribution >= 0.6 is 0 Å². The first-order valence-corrected chi connectivity index (χ1v) is 9.59. The number of para-hydroxylation sites is 1. The second kappa shape index (κ2) is 7.59. The van der Waals surface area contributed by atoms with Crippen LogP contribution in [-0.2, 0) is 6.42 Å². The second-order valence-corrected chi connectivity index (χ2v) is 7.42. The summed E-state index contributed by atoms with van der Waals surface area (Å²) < 4.78 is 11.7. The molecule has 0 spiro atoms. The number of ketones is 1. The van der Waals surface area contributed by atoms with Gasteiger partial charge in [-0.3, -0.25) is 9.78 Å². The fourth-order valence-electron chi connectivity index (χ4n) is 3.74. The number of carbonyl (C=O) groups excluding carboxylic acids is 1. The van der Waals surface area contributed by atoms with Crippen molar-refractivity contribution < 1.29 is 19.4 Å². The number of fused-ring (bicyclic) bond motifs is 2. The first-order valence-electron chi connectivity index (χ1n) is 9.59. The Balaban J connectivity index is 1.86. The zero-order chi connectivity index (χ0) is 20.5. The van der Waals surface area contributed by atoms with E-state index in [0.717, 1.165) is 22.0 Å². The van der Waals surface area contributed by atoms with Crippen molar-refractivity contribution in [1.82, 2.24) is 4.98 Å². The number of allylic oxidation sites excluding steroid dienone is 2. The Morgan fingerprint density at radius 3 is 2.86 bits per heavy atom. The fourth-order valence-corrected chi connectivity index (χ4v) is 3.74. The molecule has 0 amide bonds. The van der Waals surface area contributed by atoms with E-state index >= 15 is 0 Å². The quantitative estimate of drug-likeness (QED) is 0.624. The molecule has 29 heavy (non-hydrogen) atoms. The molecule has 0 radical (unpaired) electrons. The highest BCUT2D eigenvalue weighted by Crippen LogP contribution is 2.46. The summed E-state index contributed by atoms with van der Waals surface area (Å²) in [6, 6.07) is 11.2. The zero-order valence-corrected chi connectivity index (χ0v) is 16.7. The Hall–Kier alpha value is -3.34. The average molecular weight is 389 g/mol. The molecule has 2 aromatic carbocycles. The highest BCUT2D eigenvalue weighted by Gasteiger charge is 2.34. The SMILES string of the molecule is COc1cc(O)c(CC=C(C)C)c2c1C(=O)CC(c1cccc3cccnc13)O2. The molecule has 3 aromatic rings. The minimum atomic E-state index is -0.481. The lowest BCUT2D eigenvalue weighted by Gasteiger charge is -2.29. The molecular weight excluding hydrogens is 366 g/mol. The van der Waals surface area contributed by atoms with Gasteiger partial charge in [0.25, 0.3) is 0 Å². The number of methoxy groups -OCH3 is 1. The minimum absolute atomic E-state index is 0.0580. The van der Waals surface area contributed by atoms with Crippen molar-refractivity contribution in [2.24, 2.45) is 0 Å². The van der Waals surface area contributed by atoms with Gasteiger partial charge in [-0.25, -0.2) is 0 Å². The number of carbonyl (C=O) groups is 1. The number of nitrogens with zero attached hydrogens (tertiary/aromatic N) is 1. The predicted molar refractivity (Wildman–Crippen MR) is 112 cm³/mol. The summed E-state index contributed by atoms with van der Waals surface area (Å²) in [6.07, 6.45) is 3.91. The third kappa shape index (κ3) is 3.44. The number of phenols is 1. The normalized spacial score (nSPS) is 15.6. The van der Waals surface area contributed by atoms with E-state index in [9.17, 15) is 9.90 Å². The Bertz CT molecular complexity index is 1120.